The quantitative estimate of drug-likeness (QED) is 0.588. The molecule has 0 saturated carbocycles. The first-order valence-electron chi connectivity index (χ1n) is 3.99. The van der Waals surface area contributed by atoms with Crippen molar-refractivity contribution in [1.29, 1.82) is 0 Å². The molecule has 0 radical (unpaired) electrons. The minimum Gasteiger partial charge on any atom is -0.545 e. The fraction of sp³-hybridized carbons (Fsp3) is 0.571. The van der Waals surface area contributed by atoms with E-state index in [2.05, 4.69) is 0 Å². The highest BCUT2D eigenvalue weighted by Crippen LogP contribution is 2.55. The molecular formula is C7F11O2-. The average Bonchev–Trinajstić information content (AvgIpc) is 2.12. The maximum atomic E-state index is 12.7. The van der Waals surface area contributed by atoms with Crippen LogP contribution in [0.2, 0.25) is 0 Å². The van der Waals surface area contributed by atoms with Crippen molar-refractivity contribution in [2.24, 2.45) is 0 Å². The molecule has 0 rings (SSSR count). The number of carboxylic acids is 1. The fourth-order valence-electron chi connectivity index (χ4n) is 0.856. The Hall–Kier alpha value is -1.56. The number of hydrogen-bond donors (Lipinski definition) is 0. The summed E-state index contributed by atoms with van der Waals surface area (Å²) in [6, 6.07) is 0. The van der Waals surface area contributed by atoms with Crippen molar-refractivity contribution >= 4 is 5.97 Å². The van der Waals surface area contributed by atoms with Gasteiger partial charge in [-0.15, -0.1) is 0 Å². The molecule has 0 aromatic carbocycles. The third-order valence-corrected chi connectivity index (χ3v) is 1.85. The number of carboxylic acid groups (broad SMARTS) is 1. The molecule has 0 unspecified atom stereocenters. The molecule has 0 N–H and O–H groups in total. The van der Waals surface area contributed by atoms with Crippen LogP contribution in [0, 0.1) is 0 Å². The van der Waals surface area contributed by atoms with Gasteiger partial charge in [0.25, 0.3) is 6.08 Å². The topological polar surface area (TPSA) is 40.1 Å². The van der Waals surface area contributed by atoms with Crippen LogP contribution in [-0.4, -0.2) is 29.9 Å². The molecule has 2 nitrogen and oxygen atoms in total. The molecule has 0 saturated heterocycles. The van der Waals surface area contributed by atoms with Crippen LogP contribution in [0.5, 0.6) is 0 Å². The first kappa shape index (κ1) is 18.4. The predicted octanol–water partition coefficient (Wildman–Crippen LogP) is 2.36. The van der Waals surface area contributed by atoms with Crippen LogP contribution in [0.3, 0.4) is 0 Å². The zero-order valence-electron chi connectivity index (χ0n) is 8.47. The summed E-state index contributed by atoms with van der Waals surface area (Å²) in [5.74, 6) is -25.7. The molecule has 0 atom stereocenters. The third-order valence-electron chi connectivity index (χ3n) is 1.85. The number of aliphatic carboxylic acids is 1. The minimum atomic E-state index is -7.49. The average molecular weight is 325 g/mol. The zero-order valence-corrected chi connectivity index (χ0v) is 8.47. The molecular weight excluding hydrogens is 325 g/mol. The van der Waals surface area contributed by atoms with Crippen LogP contribution < -0.4 is 5.11 Å². The molecule has 13 heteroatoms. The Morgan fingerprint density at radius 2 is 1.10 bits per heavy atom. The maximum Gasteiger partial charge on any atom is 0.460 e. The lowest BCUT2D eigenvalue weighted by atomic mass is 9.97. The Labute approximate surface area is 101 Å². The summed E-state index contributed by atoms with van der Waals surface area (Å²) >= 11 is 0. The van der Waals surface area contributed by atoms with E-state index in [0.717, 1.165) is 0 Å². The summed E-state index contributed by atoms with van der Waals surface area (Å²) in [7, 11) is 0. The molecule has 0 spiro atoms. The molecule has 0 amide bonds. The van der Waals surface area contributed by atoms with Gasteiger partial charge in [0.2, 0.25) is 0 Å². The van der Waals surface area contributed by atoms with Crippen molar-refractivity contribution in [3.63, 3.8) is 0 Å². The van der Waals surface area contributed by atoms with E-state index in [4.69, 9.17) is 0 Å². The predicted molar refractivity (Wildman–Crippen MR) is 35.1 cm³/mol. The first-order chi connectivity index (χ1) is 8.51. The highest BCUT2D eigenvalue weighted by Gasteiger charge is 2.82. The van der Waals surface area contributed by atoms with E-state index in [1.807, 2.05) is 0 Å². The second-order valence-corrected chi connectivity index (χ2v) is 3.14. The first-order valence-corrected chi connectivity index (χ1v) is 3.99. The van der Waals surface area contributed by atoms with Crippen molar-refractivity contribution < 1.29 is 58.2 Å². The Kier molecular flexibility index (Phi) is 4.40. The van der Waals surface area contributed by atoms with Gasteiger partial charge in [-0.1, -0.05) is 0 Å². The fourth-order valence-corrected chi connectivity index (χ4v) is 0.856. The minimum absolute atomic E-state index is 3.73. The number of carbonyl (C=O) groups is 1. The van der Waals surface area contributed by atoms with Crippen molar-refractivity contribution in [2.45, 2.75) is 23.9 Å². The van der Waals surface area contributed by atoms with Gasteiger partial charge in [-0.3, -0.25) is 0 Å². The van der Waals surface area contributed by atoms with Gasteiger partial charge in [0, 0.05) is 0 Å². The van der Waals surface area contributed by atoms with E-state index in [0.29, 0.717) is 0 Å². The summed E-state index contributed by atoms with van der Waals surface area (Å²) in [5, 5.41) is 9.82. The van der Waals surface area contributed by atoms with Crippen LogP contribution >= 0.6 is 0 Å². The summed E-state index contributed by atoms with van der Waals surface area (Å²) in [6.07, 6.45) is -11.4. The zero-order chi connectivity index (χ0) is 16.7. The summed E-state index contributed by atoms with van der Waals surface area (Å²) in [4.78, 5) is 9.82. The SMILES string of the molecule is O=C([O-])C(=C(F)F)C(F)(F)C(F)(F)C(F)(F)C(F)(F)F. The van der Waals surface area contributed by atoms with Crippen molar-refractivity contribution in [3.8, 4) is 0 Å². The molecule has 0 aliphatic heterocycles. The standard InChI is InChI=1S/C7HF11O2/c8-2(9)1(3(19)20)4(10,11)5(12,13)6(14,15)7(16,17)18/h(H,19,20)/p-1. The van der Waals surface area contributed by atoms with E-state index >= 15 is 0 Å². The van der Waals surface area contributed by atoms with Gasteiger partial charge in [-0.25, -0.2) is 0 Å². The highest BCUT2D eigenvalue weighted by atomic mass is 19.4. The Balaban J connectivity index is 6.20. The number of carbonyl (C=O) groups excluding carboxylic acids is 1. The maximum absolute atomic E-state index is 12.7. The molecule has 0 aromatic heterocycles. The molecule has 0 aromatic rings. The van der Waals surface area contributed by atoms with E-state index < -0.39 is 41.6 Å². The Morgan fingerprint density at radius 3 is 1.30 bits per heavy atom. The van der Waals surface area contributed by atoms with Gasteiger partial charge in [0.1, 0.15) is 5.57 Å². The monoisotopic (exact) mass is 325 g/mol. The van der Waals surface area contributed by atoms with Crippen LogP contribution in [-0.2, 0) is 4.79 Å². The Morgan fingerprint density at radius 1 is 0.750 bits per heavy atom. The molecule has 0 bridgehead atoms. The molecule has 0 heterocycles. The van der Waals surface area contributed by atoms with E-state index in [-0.39, 0.29) is 0 Å². The van der Waals surface area contributed by atoms with Crippen LogP contribution in [0.15, 0.2) is 11.7 Å². The van der Waals surface area contributed by atoms with E-state index in [1.165, 1.54) is 0 Å². The van der Waals surface area contributed by atoms with Gasteiger partial charge in [-0.05, 0) is 0 Å². The van der Waals surface area contributed by atoms with Gasteiger partial charge in [0.05, 0.1) is 5.97 Å². The van der Waals surface area contributed by atoms with Gasteiger partial charge < -0.3 is 9.90 Å². The molecule has 0 aliphatic rings. The summed E-state index contributed by atoms with van der Waals surface area (Å²) < 4.78 is 133. The lowest BCUT2D eigenvalue weighted by Crippen LogP contribution is -2.62. The molecule has 20 heavy (non-hydrogen) atoms. The van der Waals surface area contributed by atoms with E-state index in [1.54, 1.807) is 0 Å². The molecule has 118 valence electrons. The van der Waals surface area contributed by atoms with Crippen LogP contribution in [0.25, 0.3) is 0 Å². The number of rotatable bonds is 4. The van der Waals surface area contributed by atoms with Gasteiger partial charge in [-0.2, -0.15) is 48.3 Å². The largest absolute Gasteiger partial charge is 0.545 e. The number of alkyl halides is 9. The third kappa shape index (κ3) is 2.52. The Bertz CT molecular complexity index is 429. The number of hydrogen-bond acceptors (Lipinski definition) is 2. The number of halogens is 11. The molecule has 0 aliphatic carbocycles. The normalized spacial score (nSPS) is 14.2. The summed E-state index contributed by atoms with van der Waals surface area (Å²) in [5.41, 5.74) is -3.97. The molecule has 0 fully saturated rings. The lowest BCUT2D eigenvalue weighted by molar-refractivity contribution is -0.391. The smallest absolute Gasteiger partial charge is 0.460 e. The second-order valence-electron chi connectivity index (χ2n) is 3.14. The van der Waals surface area contributed by atoms with Crippen LogP contribution in [0.1, 0.15) is 0 Å². The lowest BCUT2D eigenvalue weighted by Gasteiger charge is -2.34. The van der Waals surface area contributed by atoms with Crippen LogP contribution in [0.4, 0.5) is 48.3 Å². The van der Waals surface area contributed by atoms with Crippen molar-refractivity contribution in [1.82, 2.24) is 0 Å². The van der Waals surface area contributed by atoms with Gasteiger partial charge >= 0.3 is 23.9 Å². The highest BCUT2D eigenvalue weighted by molar-refractivity contribution is 5.87. The van der Waals surface area contributed by atoms with Crippen molar-refractivity contribution in [3.05, 3.63) is 11.7 Å². The van der Waals surface area contributed by atoms with Gasteiger partial charge in [0.15, 0.2) is 0 Å². The van der Waals surface area contributed by atoms with E-state index in [9.17, 15) is 58.2 Å². The summed E-state index contributed by atoms with van der Waals surface area (Å²) in [6.45, 7) is 0. The van der Waals surface area contributed by atoms with Crippen molar-refractivity contribution in [2.75, 3.05) is 0 Å². The second kappa shape index (κ2) is 4.77.